The Balaban J connectivity index is 2.05. The lowest BCUT2D eigenvalue weighted by molar-refractivity contribution is -0.121. The number of nitrogens with two attached hydrogens (primary N) is 1. The Morgan fingerprint density at radius 2 is 1.85 bits per heavy atom. The van der Waals surface area contributed by atoms with Gasteiger partial charge in [0.2, 0.25) is 5.91 Å². The van der Waals surface area contributed by atoms with Crippen molar-refractivity contribution < 1.29 is 9.18 Å². The van der Waals surface area contributed by atoms with Crippen molar-refractivity contribution in [3.8, 4) is 11.1 Å². The third kappa shape index (κ3) is 3.67. The number of aryl methyl sites for hydroxylation is 1. The van der Waals surface area contributed by atoms with Crippen molar-refractivity contribution in [1.29, 1.82) is 0 Å². The first-order valence-electron chi connectivity index (χ1n) is 6.70. The van der Waals surface area contributed by atoms with Crippen LogP contribution < -0.4 is 5.73 Å². The minimum atomic E-state index is -0.263. The molecular formula is C17H18FNO. The fraction of sp³-hybridized carbons (Fsp3) is 0.235. The summed E-state index contributed by atoms with van der Waals surface area (Å²) in [7, 11) is 0. The molecule has 0 radical (unpaired) electrons. The van der Waals surface area contributed by atoms with Gasteiger partial charge in [-0.15, -0.1) is 0 Å². The van der Waals surface area contributed by atoms with Crippen molar-refractivity contribution in [3.63, 3.8) is 0 Å². The summed E-state index contributed by atoms with van der Waals surface area (Å²) in [5.41, 5.74) is 8.24. The van der Waals surface area contributed by atoms with Crippen LogP contribution in [0, 0.1) is 11.7 Å². The maximum atomic E-state index is 13.2. The Morgan fingerprint density at radius 1 is 1.15 bits per heavy atom. The van der Waals surface area contributed by atoms with Crippen molar-refractivity contribution in [2.45, 2.75) is 19.8 Å². The van der Waals surface area contributed by atoms with Crippen molar-refractivity contribution in [2.75, 3.05) is 0 Å². The molecule has 2 N–H and O–H groups in total. The third-order valence-corrected chi connectivity index (χ3v) is 3.46. The van der Waals surface area contributed by atoms with Crippen molar-refractivity contribution in [1.82, 2.24) is 0 Å². The van der Waals surface area contributed by atoms with Crippen LogP contribution in [0.15, 0.2) is 48.5 Å². The summed E-state index contributed by atoms with van der Waals surface area (Å²) in [6.07, 6.45) is 1.56. The van der Waals surface area contributed by atoms with Gasteiger partial charge in [-0.3, -0.25) is 4.79 Å². The molecule has 0 saturated carbocycles. The molecule has 0 unspecified atom stereocenters. The summed E-state index contributed by atoms with van der Waals surface area (Å²) in [4.78, 5) is 11.0. The summed E-state index contributed by atoms with van der Waals surface area (Å²) in [5.74, 6) is -0.610. The molecule has 1 amide bonds. The summed E-state index contributed by atoms with van der Waals surface area (Å²) < 4.78 is 13.2. The van der Waals surface area contributed by atoms with Crippen molar-refractivity contribution >= 4 is 5.91 Å². The van der Waals surface area contributed by atoms with Gasteiger partial charge in [-0.2, -0.15) is 0 Å². The van der Waals surface area contributed by atoms with Gasteiger partial charge < -0.3 is 5.73 Å². The Hall–Kier alpha value is -2.16. The van der Waals surface area contributed by atoms with Crippen LogP contribution in [0.25, 0.3) is 11.1 Å². The summed E-state index contributed by atoms with van der Waals surface area (Å²) >= 11 is 0. The lowest BCUT2D eigenvalue weighted by atomic mass is 9.98. The Bertz CT molecular complexity index is 592. The van der Waals surface area contributed by atoms with E-state index in [0.717, 1.165) is 29.5 Å². The van der Waals surface area contributed by atoms with E-state index in [9.17, 15) is 9.18 Å². The van der Waals surface area contributed by atoms with Gasteiger partial charge in [0.25, 0.3) is 0 Å². The highest BCUT2D eigenvalue weighted by Crippen LogP contribution is 2.21. The number of halogens is 1. The largest absolute Gasteiger partial charge is 0.369 e. The Morgan fingerprint density at radius 3 is 2.45 bits per heavy atom. The molecule has 3 heteroatoms. The zero-order valence-electron chi connectivity index (χ0n) is 11.5. The van der Waals surface area contributed by atoms with E-state index in [1.54, 1.807) is 6.07 Å². The third-order valence-electron chi connectivity index (χ3n) is 3.46. The number of carbonyl (C=O) groups excluding carboxylic acids is 1. The van der Waals surface area contributed by atoms with Crippen LogP contribution in [0.3, 0.4) is 0 Å². The highest BCUT2D eigenvalue weighted by atomic mass is 19.1. The number of amides is 1. The number of hydrogen-bond acceptors (Lipinski definition) is 1. The van der Waals surface area contributed by atoms with E-state index in [1.165, 1.54) is 12.1 Å². The van der Waals surface area contributed by atoms with E-state index in [0.29, 0.717) is 0 Å². The van der Waals surface area contributed by atoms with Gasteiger partial charge in [-0.25, -0.2) is 4.39 Å². The fourth-order valence-corrected chi connectivity index (χ4v) is 2.06. The molecule has 0 bridgehead atoms. The normalized spacial score (nSPS) is 12.1. The predicted molar refractivity (Wildman–Crippen MR) is 78.5 cm³/mol. The van der Waals surface area contributed by atoms with Crippen LogP contribution >= 0.6 is 0 Å². The first-order chi connectivity index (χ1) is 9.56. The summed E-state index contributed by atoms with van der Waals surface area (Å²) in [6, 6.07) is 14.5. The van der Waals surface area contributed by atoms with Crippen LogP contribution in [0.5, 0.6) is 0 Å². The average Bonchev–Trinajstić information content (AvgIpc) is 2.45. The highest BCUT2D eigenvalue weighted by Gasteiger charge is 2.08. The molecule has 2 aromatic carbocycles. The highest BCUT2D eigenvalue weighted by molar-refractivity contribution is 5.76. The lowest BCUT2D eigenvalue weighted by Crippen LogP contribution is -2.20. The Labute approximate surface area is 118 Å². The molecule has 2 rings (SSSR count). The average molecular weight is 271 g/mol. The van der Waals surface area contributed by atoms with Gasteiger partial charge in [0, 0.05) is 5.92 Å². The summed E-state index contributed by atoms with van der Waals surface area (Å²) in [6.45, 7) is 1.84. The zero-order valence-corrected chi connectivity index (χ0v) is 11.5. The molecule has 104 valence electrons. The monoisotopic (exact) mass is 271 g/mol. The van der Waals surface area contributed by atoms with Crippen LogP contribution in [-0.4, -0.2) is 5.91 Å². The van der Waals surface area contributed by atoms with Gasteiger partial charge >= 0.3 is 0 Å². The maximum Gasteiger partial charge on any atom is 0.220 e. The van der Waals surface area contributed by atoms with E-state index < -0.39 is 0 Å². The van der Waals surface area contributed by atoms with E-state index in [4.69, 9.17) is 5.73 Å². The molecule has 0 spiro atoms. The molecule has 0 fully saturated rings. The summed E-state index contributed by atoms with van der Waals surface area (Å²) in [5, 5.41) is 0. The second kappa shape index (κ2) is 6.33. The van der Waals surface area contributed by atoms with Crippen molar-refractivity contribution in [2.24, 2.45) is 11.7 Å². The molecule has 0 aromatic heterocycles. The SMILES string of the molecule is C[C@@H](CCc1ccc(-c2cccc(F)c2)cc1)C(N)=O. The van der Waals surface area contributed by atoms with Gasteiger partial charge in [0.1, 0.15) is 5.82 Å². The lowest BCUT2D eigenvalue weighted by Gasteiger charge is -2.08. The van der Waals surface area contributed by atoms with Crippen LogP contribution in [0.4, 0.5) is 4.39 Å². The maximum absolute atomic E-state index is 13.2. The van der Waals surface area contributed by atoms with Gasteiger partial charge in [0.15, 0.2) is 0 Å². The van der Waals surface area contributed by atoms with Gasteiger partial charge in [-0.05, 0) is 41.7 Å². The number of rotatable bonds is 5. The number of carbonyl (C=O) groups is 1. The molecule has 0 aliphatic heterocycles. The molecule has 2 nitrogen and oxygen atoms in total. The first kappa shape index (κ1) is 14.3. The van der Waals surface area contributed by atoms with E-state index in [-0.39, 0.29) is 17.6 Å². The second-order valence-corrected chi connectivity index (χ2v) is 5.05. The van der Waals surface area contributed by atoms with Crippen molar-refractivity contribution in [3.05, 3.63) is 59.9 Å². The molecule has 1 atom stereocenters. The standard InChI is InChI=1S/C17H18FNO/c1-12(17(19)20)5-6-13-7-9-14(10-8-13)15-3-2-4-16(18)11-15/h2-4,7-12H,5-6H2,1H3,(H2,19,20)/t12-/m0/s1. The fourth-order valence-electron chi connectivity index (χ4n) is 2.06. The smallest absolute Gasteiger partial charge is 0.220 e. The molecule has 2 aromatic rings. The molecule has 0 aliphatic carbocycles. The topological polar surface area (TPSA) is 43.1 Å². The number of hydrogen-bond donors (Lipinski definition) is 1. The van der Waals surface area contributed by atoms with Crippen LogP contribution in [0.2, 0.25) is 0 Å². The molecule has 0 heterocycles. The van der Waals surface area contributed by atoms with E-state index >= 15 is 0 Å². The molecular weight excluding hydrogens is 253 g/mol. The van der Waals surface area contributed by atoms with Crippen LogP contribution in [-0.2, 0) is 11.2 Å². The quantitative estimate of drug-likeness (QED) is 0.888. The second-order valence-electron chi connectivity index (χ2n) is 5.05. The first-order valence-corrected chi connectivity index (χ1v) is 6.70. The molecule has 0 saturated heterocycles. The molecule has 0 aliphatic rings. The van der Waals surface area contributed by atoms with Gasteiger partial charge in [0.05, 0.1) is 0 Å². The van der Waals surface area contributed by atoms with Gasteiger partial charge in [-0.1, -0.05) is 43.3 Å². The predicted octanol–water partition coefficient (Wildman–Crippen LogP) is 3.55. The molecule has 20 heavy (non-hydrogen) atoms. The van der Waals surface area contributed by atoms with Crippen LogP contribution in [0.1, 0.15) is 18.9 Å². The van der Waals surface area contributed by atoms with E-state index in [2.05, 4.69) is 0 Å². The number of benzene rings is 2. The Kier molecular flexibility index (Phi) is 4.51. The number of primary amides is 1. The van der Waals surface area contributed by atoms with E-state index in [1.807, 2.05) is 37.3 Å². The minimum Gasteiger partial charge on any atom is -0.369 e. The minimum absolute atomic E-state index is 0.113. The zero-order chi connectivity index (χ0) is 14.5.